The third-order valence-electron chi connectivity index (χ3n) is 7.57. The van der Waals surface area contributed by atoms with Crippen LogP contribution >= 0.6 is 0 Å². The van der Waals surface area contributed by atoms with Gasteiger partial charge in [0.05, 0.1) is 12.7 Å². The maximum atomic E-state index is 6.54. The molecule has 1 heterocycles. The summed E-state index contributed by atoms with van der Waals surface area (Å²) in [5.74, 6) is 1.39. The fraction of sp³-hybridized carbons (Fsp3) is 1.00. The molecule has 1 spiro atoms. The van der Waals surface area contributed by atoms with Gasteiger partial charge in [0.1, 0.15) is 0 Å². The SMILES string of the molecule is CCCN(CCC1COC2(CCC(C3(C)CCCCC3)CC2)O1)CC(C)C. The number of hydrogen-bond acceptors (Lipinski definition) is 3. The van der Waals surface area contributed by atoms with Gasteiger partial charge >= 0.3 is 0 Å². The van der Waals surface area contributed by atoms with Crippen LogP contribution in [0.15, 0.2) is 0 Å². The van der Waals surface area contributed by atoms with Crippen molar-refractivity contribution < 1.29 is 9.47 Å². The molecular weight excluding hydrogens is 334 g/mol. The molecular formula is C24H45NO2. The molecule has 3 nitrogen and oxygen atoms in total. The number of hydrogen-bond donors (Lipinski definition) is 0. The van der Waals surface area contributed by atoms with Crippen molar-refractivity contribution in [1.82, 2.24) is 4.90 Å². The molecule has 0 aromatic carbocycles. The predicted molar refractivity (Wildman–Crippen MR) is 113 cm³/mol. The van der Waals surface area contributed by atoms with Crippen LogP contribution in [0.1, 0.15) is 98.3 Å². The smallest absolute Gasteiger partial charge is 0.168 e. The quantitative estimate of drug-likeness (QED) is 0.515. The second kappa shape index (κ2) is 9.59. The van der Waals surface area contributed by atoms with Crippen molar-refractivity contribution in [1.29, 1.82) is 0 Å². The van der Waals surface area contributed by atoms with Crippen molar-refractivity contribution in [3.8, 4) is 0 Å². The molecule has 0 radical (unpaired) electrons. The van der Waals surface area contributed by atoms with E-state index in [4.69, 9.17) is 9.47 Å². The minimum Gasteiger partial charge on any atom is -0.347 e. The molecule has 0 bridgehead atoms. The lowest BCUT2D eigenvalue weighted by Crippen LogP contribution is -2.41. The lowest BCUT2D eigenvalue weighted by molar-refractivity contribution is -0.199. The monoisotopic (exact) mass is 379 g/mol. The molecule has 1 atom stereocenters. The Kier molecular flexibility index (Phi) is 7.66. The Morgan fingerprint density at radius 1 is 1.00 bits per heavy atom. The van der Waals surface area contributed by atoms with Gasteiger partial charge in [0.25, 0.3) is 0 Å². The molecule has 27 heavy (non-hydrogen) atoms. The van der Waals surface area contributed by atoms with E-state index in [-0.39, 0.29) is 5.79 Å². The normalized spacial score (nSPS) is 34.0. The molecule has 0 aromatic rings. The maximum Gasteiger partial charge on any atom is 0.168 e. The highest BCUT2D eigenvalue weighted by molar-refractivity contribution is 4.92. The Balaban J connectivity index is 1.44. The van der Waals surface area contributed by atoms with Crippen LogP contribution in [-0.4, -0.2) is 43.0 Å². The summed E-state index contributed by atoms with van der Waals surface area (Å²) < 4.78 is 12.8. The van der Waals surface area contributed by atoms with E-state index in [1.54, 1.807) is 0 Å². The average Bonchev–Trinajstić information content (AvgIpc) is 3.03. The third kappa shape index (κ3) is 5.70. The summed E-state index contributed by atoms with van der Waals surface area (Å²) in [7, 11) is 0. The molecule has 0 N–H and O–H groups in total. The van der Waals surface area contributed by atoms with E-state index in [2.05, 4.69) is 32.6 Å². The Morgan fingerprint density at radius 2 is 1.70 bits per heavy atom. The Labute approximate surface area is 168 Å². The van der Waals surface area contributed by atoms with Crippen LogP contribution in [0.3, 0.4) is 0 Å². The summed E-state index contributed by atoms with van der Waals surface area (Å²) in [4.78, 5) is 2.61. The Hall–Kier alpha value is -0.120. The molecule has 1 aliphatic heterocycles. The Bertz CT molecular complexity index is 436. The molecule has 3 fully saturated rings. The third-order valence-corrected chi connectivity index (χ3v) is 7.57. The van der Waals surface area contributed by atoms with Gasteiger partial charge in [0.2, 0.25) is 0 Å². The van der Waals surface area contributed by atoms with Gasteiger partial charge in [-0.15, -0.1) is 0 Å². The molecule has 2 saturated carbocycles. The lowest BCUT2D eigenvalue weighted by atomic mass is 9.62. The summed E-state index contributed by atoms with van der Waals surface area (Å²) in [6.07, 6.45) is 14.7. The van der Waals surface area contributed by atoms with Crippen LogP contribution in [0.4, 0.5) is 0 Å². The minimum atomic E-state index is -0.236. The fourth-order valence-electron chi connectivity index (χ4n) is 6.00. The van der Waals surface area contributed by atoms with E-state index in [1.165, 1.54) is 64.5 Å². The first kappa shape index (κ1) is 21.6. The first-order chi connectivity index (χ1) is 12.9. The van der Waals surface area contributed by atoms with Crippen molar-refractivity contribution >= 4 is 0 Å². The molecule has 3 heteroatoms. The van der Waals surface area contributed by atoms with E-state index < -0.39 is 0 Å². The maximum absolute atomic E-state index is 6.54. The summed E-state index contributed by atoms with van der Waals surface area (Å²) >= 11 is 0. The molecule has 1 unspecified atom stereocenters. The first-order valence-corrected chi connectivity index (χ1v) is 12.0. The zero-order chi connectivity index (χ0) is 19.3. The Morgan fingerprint density at radius 3 is 2.33 bits per heavy atom. The number of nitrogens with zero attached hydrogens (tertiary/aromatic N) is 1. The van der Waals surface area contributed by atoms with Gasteiger partial charge in [-0.2, -0.15) is 0 Å². The first-order valence-electron chi connectivity index (χ1n) is 12.0. The van der Waals surface area contributed by atoms with E-state index in [0.29, 0.717) is 11.5 Å². The van der Waals surface area contributed by atoms with Gasteiger partial charge in [0, 0.05) is 25.9 Å². The molecule has 0 amide bonds. The second-order valence-corrected chi connectivity index (χ2v) is 10.4. The van der Waals surface area contributed by atoms with Crippen molar-refractivity contribution in [3.05, 3.63) is 0 Å². The van der Waals surface area contributed by atoms with Gasteiger partial charge in [-0.05, 0) is 62.3 Å². The summed E-state index contributed by atoms with van der Waals surface area (Å²) in [5, 5.41) is 0. The molecule has 3 aliphatic rings. The fourth-order valence-corrected chi connectivity index (χ4v) is 6.00. The van der Waals surface area contributed by atoms with Crippen LogP contribution in [-0.2, 0) is 9.47 Å². The van der Waals surface area contributed by atoms with Crippen molar-refractivity contribution in [3.63, 3.8) is 0 Å². The van der Waals surface area contributed by atoms with Crippen LogP contribution in [0, 0.1) is 17.3 Å². The van der Waals surface area contributed by atoms with Crippen molar-refractivity contribution in [2.75, 3.05) is 26.2 Å². The van der Waals surface area contributed by atoms with E-state index in [0.717, 1.165) is 44.2 Å². The minimum absolute atomic E-state index is 0.236. The molecule has 0 aromatic heterocycles. The van der Waals surface area contributed by atoms with Crippen molar-refractivity contribution in [2.45, 2.75) is 110 Å². The predicted octanol–water partition coefficient (Wildman–Crippen LogP) is 6.02. The molecule has 2 aliphatic carbocycles. The largest absolute Gasteiger partial charge is 0.347 e. The average molecular weight is 380 g/mol. The van der Waals surface area contributed by atoms with Gasteiger partial charge < -0.3 is 14.4 Å². The highest BCUT2D eigenvalue weighted by atomic mass is 16.7. The lowest BCUT2D eigenvalue weighted by Gasteiger charge is -2.46. The highest BCUT2D eigenvalue weighted by Crippen LogP contribution is 2.51. The van der Waals surface area contributed by atoms with Crippen LogP contribution in [0.2, 0.25) is 0 Å². The van der Waals surface area contributed by atoms with Gasteiger partial charge in [-0.1, -0.05) is 47.0 Å². The van der Waals surface area contributed by atoms with E-state index in [9.17, 15) is 0 Å². The van der Waals surface area contributed by atoms with Crippen LogP contribution < -0.4 is 0 Å². The summed E-state index contributed by atoms with van der Waals surface area (Å²) in [5.41, 5.74) is 0.593. The molecule has 1 saturated heterocycles. The highest BCUT2D eigenvalue weighted by Gasteiger charge is 2.47. The van der Waals surface area contributed by atoms with Gasteiger partial charge in [0.15, 0.2) is 5.79 Å². The van der Waals surface area contributed by atoms with E-state index in [1.807, 2.05) is 0 Å². The second-order valence-electron chi connectivity index (χ2n) is 10.4. The van der Waals surface area contributed by atoms with E-state index >= 15 is 0 Å². The van der Waals surface area contributed by atoms with Crippen LogP contribution in [0.25, 0.3) is 0 Å². The van der Waals surface area contributed by atoms with Gasteiger partial charge in [-0.3, -0.25) is 0 Å². The zero-order valence-electron chi connectivity index (χ0n) is 18.6. The summed E-state index contributed by atoms with van der Waals surface area (Å²) in [6.45, 7) is 13.8. The van der Waals surface area contributed by atoms with Gasteiger partial charge in [-0.25, -0.2) is 0 Å². The zero-order valence-corrected chi connectivity index (χ0v) is 18.6. The van der Waals surface area contributed by atoms with Crippen LogP contribution in [0.5, 0.6) is 0 Å². The molecule has 158 valence electrons. The number of ether oxygens (including phenoxy) is 2. The molecule has 3 rings (SSSR count). The summed E-state index contributed by atoms with van der Waals surface area (Å²) in [6, 6.07) is 0. The number of rotatable bonds is 8. The topological polar surface area (TPSA) is 21.7 Å². The van der Waals surface area contributed by atoms with Crippen molar-refractivity contribution in [2.24, 2.45) is 17.3 Å². The standard InChI is InChI=1S/C24H45NO2/c1-5-16-25(18-20(2)3)17-11-22-19-26-24(27-22)14-9-21(10-15-24)23(4)12-7-6-8-13-23/h20-22H,5-19H2,1-4H3.